The summed E-state index contributed by atoms with van der Waals surface area (Å²) in [5, 5.41) is 0. The van der Waals surface area contributed by atoms with Crippen LogP contribution in [0.25, 0.3) is 0 Å². The Morgan fingerprint density at radius 3 is 2.00 bits per heavy atom. The van der Waals surface area contributed by atoms with E-state index in [-0.39, 0.29) is 11.7 Å². The number of ketones is 1. The van der Waals surface area contributed by atoms with Gasteiger partial charge in [0, 0.05) is 24.2 Å². The summed E-state index contributed by atoms with van der Waals surface area (Å²) >= 11 is 0. The third-order valence-corrected chi connectivity index (χ3v) is 4.47. The van der Waals surface area contributed by atoms with Gasteiger partial charge in [-0.15, -0.1) is 0 Å². The van der Waals surface area contributed by atoms with Crippen LogP contribution in [-0.2, 0) is 9.53 Å². The van der Waals surface area contributed by atoms with Crippen LogP contribution in [0.5, 0.6) is 0 Å². The molecule has 1 atom stereocenters. The third-order valence-electron chi connectivity index (χ3n) is 4.47. The SMILES string of the molecule is CC(OC(=O)c1ccc(C(=O)c2ccccc2)cc1)C(=O)N1CCCC1. The van der Waals surface area contributed by atoms with Crippen LogP contribution in [0.15, 0.2) is 54.6 Å². The summed E-state index contributed by atoms with van der Waals surface area (Å²) in [7, 11) is 0. The molecule has 0 aliphatic carbocycles. The lowest BCUT2D eigenvalue weighted by molar-refractivity contribution is -0.138. The molecule has 5 heteroatoms. The number of carbonyl (C=O) groups excluding carboxylic acids is 3. The molecule has 134 valence electrons. The number of esters is 1. The van der Waals surface area contributed by atoms with Crippen LogP contribution in [0.4, 0.5) is 0 Å². The molecule has 3 rings (SSSR count). The van der Waals surface area contributed by atoms with Crippen molar-refractivity contribution >= 4 is 17.7 Å². The van der Waals surface area contributed by atoms with Gasteiger partial charge < -0.3 is 9.64 Å². The first kappa shape index (κ1) is 17.9. The summed E-state index contributed by atoms with van der Waals surface area (Å²) in [6.45, 7) is 3.03. The van der Waals surface area contributed by atoms with Gasteiger partial charge in [-0.2, -0.15) is 0 Å². The molecule has 2 aromatic rings. The summed E-state index contributed by atoms with van der Waals surface area (Å²) in [5.41, 5.74) is 1.40. The Labute approximate surface area is 152 Å². The Morgan fingerprint density at radius 2 is 1.38 bits per heavy atom. The van der Waals surface area contributed by atoms with E-state index >= 15 is 0 Å². The van der Waals surface area contributed by atoms with Crippen LogP contribution in [0.2, 0.25) is 0 Å². The Hall–Kier alpha value is -2.95. The summed E-state index contributed by atoms with van der Waals surface area (Å²) in [6.07, 6.45) is 1.17. The molecule has 1 aliphatic rings. The summed E-state index contributed by atoms with van der Waals surface area (Å²) in [4.78, 5) is 38.6. The fourth-order valence-corrected chi connectivity index (χ4v) is 2.99. The van der Waals surface area contributed by atoms with Crippen molar-refractivity contribution in [2.24, 2.45) is 0 Å². The van der Waals surface area contributed by atoms with Crippen molar-refractivity contribution in [2.45, 2.75) is 25.9 Å². The van der Waals surface area contributed by atoms with Crippen LogP contribution in [0, 0.1) is 0 Å². The van der Waals surface area contributed by atoms with E-state index < -0.39 is 12.1 Å². The van der Waals surface area contributed by atoms with Crippen molar-refractivity contribution in [3.8, 4) is 0 Å². The molecule has 1 fully saturated rings. The Morgan fingerprint density at radius 1 is 0.846 bits per heavy atom. The van der Waals surface area contributed by atoms with Gasteiger partial charge >= 0.3 is 5.97 Å². The zero-order valence-corrected chi connectivity index (χ0v) is 14.7. The highest BCUT2D eigenvalue weighted by Gasteiger charge is 2.26. The number of benzene rings is 2. The number of rotatable bonds is 5. The van der Waals surface area contributed by atoms with Gasteiger partial charge in [-0.25, -0.2) is 4.79 Å². The van der Waals surface area contributed by atoms with Gasteiger partial charge in [-0.1, -0.05) is 42.5 Å². The molecule has 0 spiro atoms. The maximum atomic E-state index is 12.4. The average Bonchev–Trinajstić information content (AvgIpc) is 3.22. The summed E-state index contributed by atoms with van der Waals surface area (Å²) in [6, 6.07) is 15.2. The standard InChI is InChI=1S/C21H21NO4/c1-15(20(24)22-13-5-6-14-22)26-21(25)18-11-9-17(10-12-18)19(23)16-7-3-2-4-8-16/h2-4,7-12,15H,5-6,13-14H2,1H3. The van der Waals surface area contributed by atoms with E-state index in [4.69, 9.17) is 4.74 Å². The molecular formula is C21H21NO4. The van der Waals surface area contributed by atoms with Crippen molar-refractivity contribution in [2.75, 3.05) is 13.1 Å². The van der Waals surface area contributed by atoms with Crippen LogP contribution in [0.1, 0.15) is 46.0 Å². The smallest absolute Gasteiger partial charge is 0.338 e. The average molecular weight is 351 g/mol. The molecule has 1 amide bonds. The largest absolute Gasteiger partial charge is 0.449 e. The van der Waals surface area contributed by atoms with Gasteiger partial charge in [-0.05, 0) is 31.9 Å². The second kappa shape index (κ2) is 7.95. The molecule has 1 aliphatic heterocycles. The number of nitrogens with zero attached hydrogens (tertiary/aromatic N) is 1. The quantitative estimate of drug-likeness (QED) is 0.613. The predicted octanol–water partition coefficient (Wildman–Crippen LogP) is 3.09. The second-order valence-corrected chi connectivity index (χ2v) is 6.35. The van der Waals surface area contributed by atoms with E-state index in [1.165, 1.54) is 0 Å². The Bertz CT molecular complexity index is 793. The molecule has 2 aromatic carbocycles. The number of ether oxygens (including phenoxy) is 1. The van der Waals surface area contributed by atoms with E-state index in [1.54, 1.807) is 60.4 Å². The van der Waals surface area contributed by atoms with E-state index in [0.29, 0.717) is 16.7 Å². The molecule has 5 nitrogen and oxygen atoms in total. The van der Waals surface area contributed by atoms with Crippen molar-refractivity contribution in [3.05, 3.63) is 71.3 Å². The zero-order valence-electron chi connectivity index (χ0n) is 14.7. The molecule has 0 aromatic heterocycles. The number of hydrogen-bond donors (Lipinski definition) is 0. The van der Waals surface area contributed by atoms with Crippen molar-refractivity contribution in [1.82, 2.24) is 4.90 Å². The minimum absolute atomic E-state index is 0.108. The molecule has 0 saturated carbocycles. The summed E-state index contributed by atoms with van der Waals surface area (Å²) < 4.78 is 5.28. The first-order valence-corrected chi connectivity index (χ1v) is 8.76. The van der Waals surface area contributed by atoms with Crippen LogP contribution < -0.4 is 0 Å². The molecule has 1 saturated heterocycles. The topological polar surface area (TPSA) is 63.7 Å². The maximum Gasteiger partial charge on any atom is 0.338 e. The summed E-state index contributed by atoms with van der Waals surface area (Å²) in [5.74, 6) is -0.835. The van der Waals surface area contributed by atoms with Gasteiger partial charge in [-0.3, -0.25) is 9.59 Å². The number of amides is 1. The lowest BCUT2D eigenvalue weighted by Crippen LogP contribution is -2.38. The predicted molar refractivity (Wildman–Crippen MR) is 97.0 cm³/mol. The molecular weight excluding hydrogens is 330 g/mol. The molecule has 1 heterocycles. The fourth-order valence-electron chi connectivity index (χ4n) is 2.99. The fraction of sp³-hybridized carbons (Fsp3) is 0.286. The number of hydrogen-bond acceptors (Lipinski definition) is 4. The lowest BCUT2D eigenvalue weighted by Gasteiger charge is -2.20. The first-order chi connectivity index (χ1) is 12.6. The monoisotopic (exact) mass is 351 g/mol. The molecule has 0 N–H and O–H groups in total. The zero-order chi connectivity index (χ0) is 18.5. The third kappa shape index (κ3) is 3.99. The van der Waals surface area contributed by atoms with Crippen molar-refractivity contribution in [3.63, 3.8) is 0 Å². The highest BCUT2D eigenvalue weighted by Crippen LogP contribution is 2.14. The van der Waals surface area contributed by atoms with E-state index in [0.717, 1.165) is 25.9 Å². The highest BCUT2D eigenvalue weighted by atomic mass is 16.5. The van der Waals surface area contributed by atoms with Gasteiger partial charge in [0.25, 0.3) is 5.91 Å². The Kier molecular flexibility index (Phi) is 5.46. The van der Waals surface area contributed by atoms with Crippen molar-refractivity contribution < 1.29 is 19.1 Å². The number of likely N-dealkylation sites (tertiary alicyclic amines) is 1. The van der Waals surface area contributed by atoms with E-state index in [9.17, 15) is 14.4 Å². The van der Waals surface area contributed by atoms with Gasteiger partial charge in [0.15, 0.2) is 11.9 Å². The number of carbonyl (C=O) groups is 3. The van der Waals surface area contributed by atoms with Crippen LogP contribution in [0.3, 0.4) is 0 Å². The molecule has 0 bridgehead atoms. The lowest BCUT2D eigenvalue weighted by atomic mass is 10.0. The second-order valence-electron chi connectivity index (χ2n) is 6.35. The molecule has 1 unspecified atom stereocenters. The Balaban J connectivity index is 1.63. The maximum absolute atomic E-state index is 12.4. The van der Waals surface area contributed by atoms with Crippen LogP contribution in [-0.4, -0.2) is 41.8 Å². The first-order valence-electron chi connectivity index (χ1n) is 8.76. The van der Waals surface area contributed by atoms with E-state index in [1.807, 2.05) is 6.07 Å². The van der Waals surface area contributed by atoms with E-state index in [2.05, 4.69) is 0 Å². The molecule has 0 radical (unpaired) electrons. The highest BCUT2D eigenvalue weighted by molar-refractivity contribution is 6.09. The minimum Gasteiger partial charge on any atom is -0.449 e. The minimum atomic E-state index is -0.814. The van der Waals surface area contributed by atoms with Crippen molar-refractivity contribution in [1.29, 1.82) is 0 Å². The normalized spacial score (nSPS) is 14.7. The molecule has 26 heavy (non-hydrogen) atoms. The van der Waals surface area contributed by atoms with Gasteiger partial charge in [0.2, 0.25) is 0 Å². The van der Waals surface area contributed by atoms with Crippen LogP contribution >= 0.6 is 0 Å². The van der Waals surface area contributed by atoms with Gasteiger partial charge in [0.1, 0.15) is 0 Å². The van der Waals surface area contributed by atoms with Gasteiger partial charge in [0.05, 0.1) is 5.56 Å².